The van der Waals surface area contributed by atoms with Gasteiger partial charge < -0.3 is 9.47 Å². The molecule has 1 aliphatic carbocycles. The average molecular weight is 514 g/mol. The summed E-state index contributed by atoms with van der Waals surface area (Å²) in [6.07, 6.45) is 3.00. The fraction of sp³-hybridized carbons (Fsp3) is 0.696. The second kappa shape index (κ2) is 11.4. The van der Waals surface area contributed by atoms with Gasteiger partial charge in [0.15, 0.2) is 0 Å². The van der Waals surface area contributed by atoms with E-state index in [1.165, 1.54) is 6.92 Å². The lowest BCUT2D eigenvalue weighted by Gasteiger charge is -2.27. The van der Waals surface area contributed by atoms with Gasteiger partial charge in [0.05, 0.1) is 23.2 Å². The van der Waals surface area contributed by atoms with Crippen LogP contribution in [-0.4, -0.2) is 54.3 Å². The summed E-state index contributed by atoms with van der Waals surface area (Å²) in [4.78, 5) is 31.5. The van der Waals surface area contributed by atoms with E-state index in [4.69, 9.17) is 13.7 Å². The number of carbonyl (C=O) groups is 1. The summed E-state index contributed by atoms with van der Waals surface area (Å²) in [6, 6.07) is 0. The van der Waals surface area contributed by atoms with Crippen molar-refractivity contribution in [3.63, 3.8) is 0 Å². The number of hydrogen-bond acceptors (Lipinski definition) is 10. The number of esters is 1. The molecular weight excluding hydrogens is 478 g/mol. The highest BCUT2D eigenvalue weighted by molar-refractivity contribution is 7.86. The van der Waals surface area contributed by atoms with Gasteiger partial charge in [-0.2, -0.15) is 13.4 Å². The van der Waals surface area contributed by atoms with Gasteiger partial charge in [-0.15, -0.1) is 6.58 Å². The van der Waals surface area contributed by atoms with Crippen LogP contribution in [0.25, 0.3) is 0 Å². The van der Waals surface area contributed by atoms with Crippen molar-refractivity contribution in [1.29, 1.82) is 0 Å². The minimum absolute atomic E-state index is 0.0876. The summed E-state index contributed by atoms with van der Waals surface area (Å²) < 4.78 is 41.2. The Hall–Kier alpha value is -2.60. The Bertz CT molecular complexity index is 1050. The first-order chi connectivity index (χ1) is 16.1. The molecule has 0 saturated heterocycles. The maximum absolute atomic E-state index is 12.2. The van der Waals surface area contributed by atoms with Crippen molar-refractivity contribution < 1.29 is 31.8 Å². The molecule has 1 saturated carbocycles. The lowest BCUT2D eigenvalue weighted by Crippen LogP contribution is -2.38. The summed E-state index contributed by atoms with van der Waals surface area (Å²) in [7, 11) is -3.87. The molecule has 1 aliphatic rings. The van der Waals surface area contributed by atoms with Gasteiger partial charge in [0, 0.05) is 5.92 Å². The topological polar surface area (TPSA) is 148 Å². The van der Waals surface area contributed by atoms with E-state index < -0.39 is 32.7 Å². The molecule has 12 heteroatoms. The molecule has 0 aliphatic heterocycles. The van der Waals surface area contributed by atoms with E-state index in [0.717, 1.165) is 6.26 Å². The number of ether oxygens (including phenoxy) is 2. The third kappa shape index (κ3) is 7.96. The number of hydrogen-bond donors (Lipinski definition) is 0. The number of aryl methyl sites for hydroxylation is 2. The lowest BCUT2D eigenvalue weighted by molar-refractivity contribution is -0.387. The number of aromatic nitrogens is 2. The zero-order valence-corrected chi connectivity index (χ0v) is 22.0. The Balaban J connectivity index is 2.42. The Morgan fingerprint density at radius 3 is 2.37 bits per heavy atom. The van der Waals surface area contributed by atoms with Crippen molar-refractivity contribution in [2.75, 3.05) is 12.9 Å². The molecule has 1 aromatic rings. The Kier molecular flexibility index (Phi) is 9.35. The maximum Gasteiger partial charge on any atom is 0.351 e. The van der Waals surface area contributed by atoms with Crippen LogP contribution in [0.3, 0.4) is 0 Å². The van der Waals surface area contributed by atoms with Crippen LogP contribution in [0, 0.1) is 41.2 Å². The van der Waals surface area contributed by atoms with E-state index in [-0.39, 0.29) is 47.5 Å². The largest absolute Gasteiger partial charge is 0.466 e. The summed E-state index contributed by atoms with van der Waals surface area (Å²) in [5.41, 5.74) is -0.924. The third-order valence-corrected chi connectivity index (χ3v) is 6.36. The van der Waals surface area contributed by atoms with E-state index in [9.17, 15) is 23.3 Å². The van der Waals surface area contributed by atoms with E-state index in [0.29, 0.717) is 25.7 Å². The Morgan fingerprint density at radius 2 is 1.83 bits per heavy atom. The van der Waals surface area contributed by atoms with Gasteiger partial charge in [-0.05, 0) is 66.2 Å². The summed E-state index contributed by atoms with van der Waals surface area (Å²) >= 11 is 0. The summed E-state index contributed by atoms with van der Waals surface area (Å²) in [5.74, 6) is -0.856. The molecule has 0 spiro atoms. The molecule has 1 fully saturated rings. The first kappa shape index (κ1) is 28.6. The van der Waals surface area contributed by atoms with E-state index in [1.54, 1.807) is 33.8 Å². The Morgan fingerprint density at radius 1 is 1.20 bits per heavy atom. The zero-order valence-electron chi connectivity index (χ0n) is 21.1. The standard InChI is InChI=1S/C23H35N3O8S/c1-8-9-10-16-13-17(11-12-32-22(27)23(4,5)6)19(20(16)34-35(7,30)31)33-21-18(26(28)29)14(2)24-15(3)25-21/h8,16-17,19-20H,1,9-13H2,2-7H3/t16-,17-,19-,20+/m0/s1. The maximum atomic E-state index is 12.2. The molecule has 1 aromatic heterocycles. The van der Waals surface area contributed by atoms with E-state index in [1.807, 2.05) is 0 Å². The van der Waals surface area contributed by atoms with Crippen molar-refractivity contribution >= 4 is 21.8 Å². The second-order valence-electron chi connectivity index (χ2n) is 9.91. The van der Waals surface area contributed by atoms with Crippen LogP contribution in [-0.2, 0) is 23.8 Å². The van der Waals surface area contributed by atoms with Crippen LogP contribution in [0.5, 0.6) is 5.88 Å². The molecule has 1 heterocycles. The van der Waals surface area contributed by atoms with Crippen LogP contribution < -0.4 is 4.74 Å². The normalized spacial score (nSPS) is 22.6. The molecule has 0 unspecified atom stereocenters. The van der Waals surface area contributed by atoms with E-state index >= 15 is 0 Å². The number of rotatable bonds is 11. The first-order valence-electron chi connectivity index (χ1n) is 11.5. The number of nitro groups is 1. The van der Waals surface area contributed by atoms with Crippen molar-refractivity contribution in [2.45, 2.75) is 72.5 Å². The van der Waals surface area contributed by atoms with Crippen LogP contribution in [0.4, 0.5) is 5.69 Å². The quantitative estimate of drug-likeness (QED) is 0.141. The molecule has 196 valence electrons. The van der Waals surface area contributed by atoms with Gasteiger partial charge in [-0.25, -0.2) is 4.98 Å². The molecule has 0 N–H and O–H groups in total. The third-order valence-electron chi connectivity index (χ3n) is 5.79. The van der Waals surface area contributed by atoms with Crippen LogP contribution in [0.15, 0.2) is 12.7 Å². The highest BCUT2D eigenvalue weighted by Gasteiger charge is 2.48. The predicted octanol–water partition coefficient (Wildman–Crippen LogP) is 3.68. The highest BCUT2D eigenvalue weighted by atomic mass is 32.2. The number of allylic oxidation sites excluding steroid dienone is 1. The van der Waals surface area contributed by atoms with Crippen molar-refractivity contribution in [2.24, 2.45) is 17.3 Å². The second-order valence-corrected chi connectivity index (χ2v) is 11.5. The van der Waals surface area contributed by atoms with E-state index in [2.05, 4.69) is 16.5 Å². The number of carbonyl (C=O) groups excluding carboxylic acids is 1. The zero-order chi connectivity index (χ0) is 26.6. The molecule has 0 amide bonds. The van der Waals surface area contributed by atoms with Gasteiger partial charge in [0.1, 0.15) is 23.7 Å². The van der Waals surface area contributed by atoms with Crippen LogP contribution >= 0.6 is 0 Å². The summed E-state index contributed by atoms with van der Waals surface area (Å²) in [6.45, 7) is 12.1. The fourth-order valence-electron chi connectivity index (χ4n) is 4.20. The molecular formula is C23H35N3O8S. The molecule has 11 nitrogen and oxygen atoms in total. The first-order valence-corrected chi connectivity index (χ1v) is 13.3. The molecule has 0 aromatic carbocycles. The molecule has 0 radical (unpaired) electrons. The molecule has 0 bridgehead atoms. The number of nitrogens with zero attached hydrogens (tertiary/aromatic N) is 3. The van der Waals surface area contributed by atoms with Gasteiger partial charge in [0.25, 0.3) is 16.0 Å². The predicted molar refractivity (Wildman–Crippen MR) is 128 cm³/mol. The fourth-order valence-corrected chi connectivity index (χ4v) is 4.87. The smallest absolute Gasteiger partial charge is 0.351 e. The van der Waals surface area contributed by atoms with Crippen LogP contribution in [0.1, 0.15) is 58.0 Å². The minimum atomic E-state index is -3.87. The van der Waals surface area contributed by atoms with Crippen molar-refractivity contribution in [1.82, 2.24) is 9.97 Å². The van der Waals surface area contributed by atoms with Gasteiger partial charge in [-0.1, -0.05) is 6.08 Å². The highest BCUT2D eigenvalue weighted by Crippen LogP contribution is 2.42. The SMILES string of the molecule is C=CCC[C@H]1C[C@H](CCOC(=O)C(C)(C)C)[C@H](Oc2nc(C)nc(C)c2[N+](=O)[O-])[C@@H]1OS(C)(=O)=O. The van der Waals surface area contributed by atoms with Crippen LogP contribution in [0.2, 0.25) is 0 Å². The van der Waals surface area contributed by atoms with Gasteiger partial charge in [-0.3, -0.25) is 19.1 Å². The Labute approximate surface area is 206 Å². The lowest BCUT2D eigenvalue weighted by atomic mass is 9.97. The molecule has 35 heavy (non-hydrogen) atoms. The molecule has 2 rings (SSSR count). The monoisotopic (exact) mass is 513 g/mol. The van der Waals surface area contributed by atoms with Gasteiger partial charge >= 0.3 is 11.7 Å². The minimum Gasteiger partial charge on any atom is -0.466 e. The molecule has 4 atom stereocenters. The van der Waals surface area contributed by atoms with Crippen molar-refractivity contribution in [3.05, 3.63) is 34.3 Å². The summed E-state index contributed by atoms with van der Waals surface area (Å²) in [5, 5.41) is 11.7. The van der Waals surface area contributed by atoms with Gasteiger partial charge in [0.2, 0.25) is 0 Å². The van der Waals surface area contributed by atoms with Crippen molar-refractivity contribution in [3.8, 4) is 5.88 Å². The average Bonchev–Trinajstić information content (AvgIpc) is 2.99.